The lowest BCUT2D eigenvalue weighted by Crippen LogP contribution is -2.44. The van der Waals surface area contributed by atoms with Crippen molar-refractivity contribution in [3.05, 3.63) is 82.0 Å². The van der Waals surface area contributed by atoms with Gasteiger partial charge in [0.1, 0.15) is 4.70 Å². The zero-order valence-corrected chi connectivity index (χ0v) is 20.0. The quantitative estimate of drug-likeness (QED) is 0.423. The summed E-state index contributed by atoms with van der Waals surface area (Å²) >= 11 is 1.41. The lowest BCUT2D eigenvalue weighted by atomic mass is 9.96. The van der Waals surface area contributed by atoms with E-state index in [0.717, 1.165) is 36.0 Å². The van der Waals surface area contributed by atoms with E-state index in [1.165, 1.54) is 16.9 Å². The van der Waals surface area contributed by atoms with Crippen LogP contribution in [0.4, 0.5) is 5.95 Å². The van der Waals surface area contributed by atoms with Crippen molar-refractivity contribution in [3.8, 4) is 11.1 Å². The molecular formula is C27H28N4O2S. The van der Waals surface area contributed by atoms with Crippen molar-refractivity contribution < 1.29 is 4.79 Å². The van der Waals surface area contributed by atoms with Crippen molar-refractivity contribution in [2.75, 3.05) is 24.5 Å². The third kappa shape index (κ3) is 4.61. The maximum absolute atomic E-state index is 13.0. The van der Waals surface area contributed by atoms with E-state index < -0.39 is 0 Å². The fourth-order valence-corrected chi connectivity index (χ4v) is 5.48. The summed E-state index contributed by atoms with van der Waals surface area (Å²) in [6.45, 7) is 4.04. The minimum Gasteiger partial charge on any atom is -0.355 e. The molecule has 1 aliphatic rings. The summed E-state index contributed by atoms with van der Waals surface area (Å²) in [5.74, 6) is 0.730. The van der Waals surface area contributed by atoms with Crippen molar-refractivity contribution in [3.63, 3.8) is 0 Å². The summed E-state index contributed by atoms with van der Waals surface area (Å²) in [6.07, 6.45) is 1.71. The van der Waals surface area contributed by atoms with Gasteiger partial charge >= 0.3 is 0 Å². The minimum absolute atomic E-state index is 0.0661. The molecule has 0 spiro atoms. The van der Waals surface area contributed by atoms with Crippen molar-refractivity contribution in [2.45, 2.75) is 25.7 Å². The fourth-order valence-electron chi connectivity index (χ4n) is 4.57. The number of hydrogen-bond donors (Lipinski definition) is 2. The molecule has 7 heteroatoms. The molecule has 2 aromatic carbocycles. The maximum atomic E-state index is 13.0. The van der Waals surface area contributed by atoms with Crippen LogP contribution in [0.3, 0.4) is 0 Å². The second-order valence-electron chi connectivity index (χ2n) is 8.92. The van der Waals surface area contributed by atoms with Crippen LogP contribution >= 0.6 is 11.3 Å². The molecule has 2 N–H and O–H groups in total. The van der Waals surface area contributed by atoms with E-state index in [-0.39, 0.29) is 23.3 Å². The monoisotopic (exact) mass is 472 g/mol. The number of carbonyl (C=O) groups excluding carboxylic acids is 1. The Balaban J connectivity index is 1.32. The van der Waals surface area contributed by atoms with E-state index in [1.807, 2.05) is 58.8 Å². The van der Waals surface area contributed by atoms with Crippen LogP contribution in [0.25, 0.3) is 21.3 Å². The summed E-state index contributed by atoms with van der Waals surface area (Å²) in [7, 11) is 0. The minimum atomic E-state index is -0.131. The molecule has 34 heavy (non-hydrogen) atoms. The topological polar surface area (TPSA) is 78.1 Å². The molecule has 1 aliphatic heterocycles. The molecule has 3 heterocycles. The molecule has 0 aliphatic carbocycles. The highest BCUT2D eigenvalue weighted by Gasteiger charge is 2.28. The van der Waals surface area contributed by atoms with Crippen LogP contribution in [0.5, 0.6) is 0 Å². The highest BCUT2D eigenvalue weighted by Crippen LogP contribution is 2.32. The average Bonchev–Trinajstić information content (AvgIpc) is 3.33. The van der Waals surface area contributed by atoms with Gasteiger partial charge in [-0.2, -0.15) is 0 Å². The molecule has 0 radical (unpaired) electrons. The molecule has 0 saturated carbocycles. The Bertz CT molecular complexity index is 1330. The predicted molar refractivity (Wildman–Crippen MR) is 138 cm³/mol. The molecule has 2 aromatic heterocycles. The zero-order valence-electron chi connectivity index (χ0n) is 19.2. The molecule has 1 fully saturated rings. The van der Waals surface area contributed by atoms with Gasteiger partial charge in [0.05, 0.1) is 11.4 Å². The summed E-state index contributed by atoms with van der Waals surface area (Å²) in [6, 6.07) is 20.2. The number of amides is 1. The molecule has 4 aromatic rings. The molecule has 0 bridgehead atoms. The molecule has 6 nitrogen and oxygen atoms in total. The number of thiophene rings is 1. The summed E-state index contributed by atoms with van der Waals surface area (Å²) in [5.41, 5.74) is 3.82. The molecule has 0 unspecified atom stereocenters. The van der Waals surface area contributed by atoms with Gasteiger partial charge in [-0.15, -0.1) is 11.3 Å². The largest absolute Gasteiger partial charge is 0.355 e. The first kappa shape index (κ1) is 22.3. The lowest BCUT2D eigenvalue weighted by molar-refractivity contribution is -0.125. The van der Waals surface area contributed by atoms with Gasteiger partial charge in [0, 0.05) is 30.6 Å². The number of benzene rings is 2. The van der Waals surface area contributed by atoms with E-state index in [0.29, 0.717) is 23.7 Å². The SMILES string of the molecule is C[C@H](CNC(=O)[C@H]1CCCN(c2nc3c(-c4ccccc4)csc3c(=O)[nH]2)C1)c1ccccc1. The Hall–Kier alpha value is -3.45. The van der Waals surface area contributed by atoms with E-state index in [2.05, 4.69) is 29.4 Å². The Kier molecular flexibility index (Phi) is 6.45. The second kappa shape index (κ2) is 9.81. The van der Waals surface area contributed by atoms with E-state index >= 15 is 0 Å². The number of rotatable bonds is 6. The first-order chi connectivity index (χ1) is 16.6. The standard InChI is InChI=1S/C27H28N4O2S/c1-18(19-9-4-2-5-10-19)15-28-25(32)21-13-8-14-31(16-21)27-29-23-22(20-11-6-3-7-12-20)17-34-24(23)26(33)30-27/h2-7,9-12,17-18,21H,8,13-16H2,1H3,(H,28,32)(H,29,30,33)/t18-,21+/m1/s1. The van der Waals surface area contributed by atoms with Crippen LogP contribution < -0.4 is 15.8 Å². The molecule has 1 amide bonds. The van der Waals surface area contributed by atoms with Crippen LogP contribution in [0, 0.1) is 5.92 Å². The molecular weight excluding hydrogens is 444 g/mol. The normalized spacial score (nSPS) is 17.0. The van der Waals surface area contributed by atoms with Gasteiger partial charge < -0.3 is 10.2 Å². The fraction of sp³-hybridized carbons (Fsp3) is 0.296. The Labute approximate surface area is 202 Å². The van der Waals surface area contributed by atoms with Crippen LogP contribution in [-0.4, -0.2) is 35.5 Å². The van der Waals surface area contributed by atoms with E-state index in [9.17, 15) is 9.59 Å². The number of H-pyrrole nitrogens is 1. The van der Waals surface area contributed by atoms with Gasteiger partial charge in [-0.1, -0.05) is 67.6 Å². The number of anilines is 1. The van der Waals surface area contributed by atoms with Gasteiger partial charge in [0.25, 0.3) is 5.56 Å². The highest BCUT2D eigenvalue weighted by molar-refractivity contribution is 7.17. The number of piperidine rings is 1. The molecule has 5 rings (SSSR count). The number of carbonyl (C=O) groups is 1. The molecule has 1 saturated heterocycles. The number of hydrogen-bond acceptors (Lipinski definition) is 5. The zero-order chi connectivity index (χ0) is 23.5. The number of aromatic nitrogens is 2. The van der Waals surface area contributed by atoms with Gasteiger partial charge in [-0.25, -0.2) is 4.98 Å². The van der Waals surface area contributed by atoms with Crippen LogP contribution in [0.1, 0.15) is 31.2 Å². The van der Waals surface area contributed by atoms with Crippen molar-refractivity contribution in [1.29, 1.82) is 0 Å². The number of aromatic amines is 1. The molecule has 2 atom stereocenters. The average molecular weight is 473 g/mol. The van der Waals surface area contributed by atoms with Crippen molar-refractivity contribution in [1.82, 2.24) is 15.3 Å². The number of nitrogens with zero attached hydrogens (tertiary/aromatic N) is 2. The Morgan fingerprint density at radius 1 is 1.18 bits per heavy atom. The third-order valence-electron chi connectivity index (χ3n) is 6.54. The van der Waals surface area contributed by atoms with Gasteiger partial charge in [-0.05, 0) is 29.9 Å². The van der Waals surface area contributed by atoms with Crippen molar-refractivity contribution in [2.24, 2.45) is 5.92 Å². The van der Waals surface area contributed by atoms with Crippen LogP contribution in [0.2, 0.25) is 0 Å². The van der Waals surface area contributed by atoms with Gasteiger partial charge in [0.15, 0.2) is 0 Å². The van der Waals surface area contributed by atoms with Gasteiger partial charge in [-0.3, -0.25) is 14.6 Å². The van der Waals surface area contributed by atoms with Crippen LogP contribution in [-0.2, 0) is 4.79 Å². The summed E-state index contributed by atoms with van der Waals surface area (Å²) in [5, 5.41) is 5.13. The number of nitrogens with one attached hydrogen (secondary N) is 2. The summed E-state index contributed by atoms with van der Waals surface area (Å²) in [4.78, 5) is 35.6. The first-order valence-corrected chi connectivity index (χ1v) is 12.6. The molecule has 174 valence electrons. The first-order valence-electron chi connectivity index (χ1n) is 11.7. The summed E-state index contributed by atoms with van der Waals surface area (Å²) < 4.78 is 0.629. The predicted octanol–water partition coefficient (Wildman–Crippen LogP) is 4.79. The Morgan fingerprint density at radius 2 is 1.91 bits per heavy atom. The van der Waals surface area contributed by atoms with Crippen LogP contribution in [0.15, 0.2) is 70.8 Å². The third-order valence-corrected chi connectivity index (χ3v) is 7.51. The second-order valence-corrected chi connectivity index (χ2v) is 9.80. The van der Waals surface area contributed by atoms with Gasteiger partial charge in [0.2, 0.25) is 11.9 Å². The number of fused-ring (bicyclic) bond motifs is 1. The highest BCUT2D eigenvalue weighted by atomic mass is 32.1. The lowest BCUT2D eigenvalue weighted by Gasteiger charge is -2.32. The van der Waals surface area contributed by atoms with E-state index in [4.69, 9.17) is 4.98 Å². The van der Waals surface area contributed by atoms with E-state index in [1.54, 1.807) is 0 Å². The van der Waals surface area contributed by atoms with Crippen molar-refractivity contribution >= 4 is 33.4 Å². The smallest absolute Gasteiger partial charge is 0.270 e. The maximum Gasteiger partial charge on any atom is 0.270 e. The Morgan fingerprint density at radius 3 is 2.68 bits per heavy atom.